The molecule has 0 unspecified atom stereocenters. The molecule has 0 saturated heterocycles. The second-order valence-electron chi connectivity index (χ2n) is 10.3. The zero-order valence-electron chi connectivity index (χ0n) is 23.1. The lowest BCUT2D eigenvalue weighted by Crippen LogP contribution is -2.42. The number of carboxylic acid groups (broad SMARTS) is 1. The summed E-state index contributed by atoms with van der Waals surface area (Å²) < 4.78 is 31.5. The van der Waals surface area contributed by atoms with E-state index in [2.05, 4.69) is 5.32 Å². The molecule has 2 heterocycles. The van der Waals surface area contributed by atoms with Gasteiger partial charge in [-0.1, -0.05) is 41.4 Å². The number of rotatable bonds is 8. The van der Waals surface area contributed by atoms with Crippen LogP contribution in [0.25, 0.3) is 11.0 Å². The lowest BCUT2D eigenvalue weighted by molar-refractivity contribution is -0.139. The summed E-state index contributed by atoms with van der Waals surface area (Å²) >= 11 is 13.2. The number of aliphatic carboxylic acids is 1. The van der Waals surface area contributed by atoms with Crippen molar-refractivity contribution in [3.8, 4) is 0 Å². The Hall–Kier alpha value is -3.90. The van der Waals surface area contributed by atoms with Crippen molar-refractivity contribution in [1.82, 2.24) is 14.5 Å². The first-order valence-electron chi connectivity index (χ1n) is 13.2. The summed E-state index contributed by atoms with van der Waals surface area (Å²) in [6.45, 7) is 0.560. The van der Waals surface area contributed by atoms with Gasteiger partial charge in [0.15, 0.2) is 0 Å². The van der Waals surface area contributed by atoms with E-state index >= 15 is 0 Å². The number of furan rings is 1. The molecule has 0 bridgehead atoms. The first-order valence-corrected chi connectivity index (χ1v) is 15.4. The van der Waals surface area contributed by atoms with E-state index in [9.17, 15) is 27.9 Å². The molecule has 0 saturated carbocycles. The van der Waals surface area contributed by atoms with E-state index < -0.39 is 27.9 Å². The standard InChI is InChI=1S/C30H27Cl2N3O7S/c1-34(2)43(40,41)21-5-3-4-17(12-21)13-24(30(38)39)33-28(36)26-23(31)14-20-16-35(10-8-22(20)27(26)32)29(37)19-7-6-18-9-11-42-25(18)15-19/h3-7,9,11-12,14-15,24H,8,10,13,16H2,1-2H3,(H,33,36)(H,38,39)/t24-/m0/s1. The monoisotopic (exact) mass is 643 g/mol. The van der Waals surface area contributed by atoms with Crippen molar-refractivity contribution in [2.75, 3.05) is 20.6 Å². The molecule has 43 heavy (non-hydrogen) atoms. The first-order chi connectivity index (χ1) is 20.4. The third kappa shape index (κ3) is 6.12. The predicted octanol–water partition coefficient (Wildman–Crippen LogP) is 4.61. The van der Waals surface area contributed by atoms with Gasteiger partial charge in [0.2, 0.25) is 10.0 Å². The highest BCUT2D eigenvalue weighted by Crippen LogP contribution is 2.35. The van der Waals surface area contributed by atoms with E-state index in [-0.39, 0.29) is 39.4 Å². The number of carbonyl (C=O) groups is 3. The van der Waals surface area contributed by atoms with Crippen LogP contribution >= 0.6 is 23.2 Å². The average molecular weight is 645 g/mol. The van der Waals surface area contributed by atoms with Crippen LogP contribution < -0.4 is 5.32 Å². The van der Waals surface area contributed by atoms with Crippen LogP contribution in [-0.2, 0) is 34.2 Å². The van der Waals surface area contributed by atoms with Crippen LogP contribution in [0.1, 0.15) is 37.4 Å². The molecule has 2 amide bonds. The normalized spacial score (nSPS) is 14.0. The smallest absolute Gasteiger partial charge is 0.326 e. The van der Waals surface area contributed by atoms with Gasteiger partial charge in [-0.3, -0.25) is 9.59 Å². The van der Waals surface area contributed by atoms with E-state index in [1.54, 1.807) is 35.4 Å². The molecule has 1 aromatic heterocycles. The maximum absolute atomic E-state index is 13.3. The van der Waals surface area contributed by atoms with Crippen LogP contribution in [-0.4, -0.2) is 67.2 Å². The van der Waals surface area contributed by atoms with Crippen molar-refractivity contribution in [3.63, 3.8) is 0 Å². The Morgan fingerprint density at radius 2 is 1.86 bits per heavy atom. The Balaban J connectivity index is 1.34. The van der Waals surface area contributed by atoms with Crippen LogP contribution in [0.4, 0.5) is 0 Å². The van der Waals surface area contributed by atoms with Gasteiger partial charge in [0.1, 0.15) is 11.6 Å². The fourth-order valence-electron chi connectivity index (χ4n) is 5.01. The molecule has 0 spiro atoms. The minimum atomic E-state index is -3.74. The second kappa shape index (κ2) is 12.0. The lowest BCUT2D eigenvalue weighted by atomic mass is 9.95. The van der Waals surface area contributed by atoms with Gasteiger partial charge in [0, 0.05) is 44.6 Å². The van der Waals surface area contributed by atoms with Gasteiger partial charge in [0.25, 0.3) is 11.8 Å². The number of hydrogen-bond donors (Lipinski definition) is 2. The Bertz CT molecular complexity index is 1870. The summed E-state index contributed by atoms with van der Waals surface area (Å²) in [6, 6.07) is 13.1. The van der Waals surface area contributed by atoms with Gasteiger partial charge in [-0.15, -0.1) is 0 Å². The maximum Gasteiger partial charge on any atom is 0.326 e. The minimum Gasteiger partial charge on any atom is -0.480 e. The number of halogens is 2. The van der Waals surface area contributed by atoms with E-state index in [0.717, 1.165) is 9.69 Å². The molecule has 2 N–H and O–H groups in total. The molecule has 1 atom stereocenters. The van der Waals surface area contributed by atoms with Gasteiger partial charge in [-0.05, 0) is 59.5 Å². The van der Waals surface area contributed by atoms with Crippen LogP contribution in [0.15, 0.2) is 70.2 Å². The summed E-state index contributed by atoms with van der Waals surface area (Å²) in [4.78, 5) is 40.3. The highest BCUT2D eigenvalue weighted by Gasteiger charge is 2.30. The number of amides is 2. The Labute approximate surface area is 257 Å². The summed E-state index contributed by atoms with van der Waals surface area (Å²) in [5.74, 6) is -2.29. The lowest BCUT2D eigenvalue weighted by Gasteiger charge is -2.30. The van der Waals surface area contributed by atoms with Crippen molar-refractivity contribution in [3.05, 3.63) is 98.7 Å². The predicted molar refractivity (Wildman–Crippen MR) is 161 cm³/mol. The van der Waals surface area contributed by atoms with Crippen molar-refractivity contribution in [2.24, 2.45) is 0 Å². The molecule has 0 radical (unpaired) electrons. The zero-order chi connectivity index (χ0) is 31.1. The maximum atomic E-state index is 13.3. The molecule has 224 valence electrons. The SMILES string of the molecule is CN(C)S(=O)(=O)c1cccc(C[C@H](NC(=O)c2c(Cl)cc3c(c2Cl)CCN(C(=O)c2ccc4ccoc4c2)C3)C(=O)O)c1. The Kier molecular flexibility index (Phi) is 8.53. The molecule has 0 fully saturated rings. The molecule has 3 aromatic carbocycles. The third-order valence-electron chi connectivity index (χ3n) is 7.34. The summed E-state index contributed by atoms with van der Waals surface area (Å²) in [6.07, 6.45) is 1.73. The quantitative estimate of drug-likeness (QED) is 0.286. The Morgan fingerprint density at radius 1 is 1.09 bits per heavy atom. The summed E-state index contributed by atoms with van der Waals surface area (Å²) in [5.41, 5.74) is 2.74. The number of sulfonamides is 1. The fourth-order valence-corrected chi connectivity index (χ4v) is 6.75. The van der Waals surface area contributed by atoms with Crippen molar-refractivity contribution in [1.29, 1.82) is 0 Å². The van der Waals surface area contributed by atoms with Gasteiger partial charge >= 0.3 is 5.97 Å². The van der Waals surface area contributed by atoms with E-state index in [1.807, 2.05) is 12.1 Å². The largest absolute Gasteiger partial charge is 0.480 e. The highest BCUT2D eigenvalue weighted by atomic mass is 35.5. The number of hydrogen-bond acceptors (Lipinski definition) is 6. The molecular weight excluding hydrogens is 617 g/mol. The van der Waals surface area contributed by atoms with Crippen LogP contribution in [0.5, 0.6) is 0 Å². The first kappa shape index (κ1) is 30.6. The van der Waals surface area contributed by atoms with Gasteiger partial charge in [-0.2, -0.15) is 0 Å². The Morgan fingerprint density at radius 3 is 2.58 bits per heavy atom. The molecule has 0 aliphatic carbocycles. The van der Waals surface area contributed by atoms with E-state index in [4.69, 9.17) is 27.6 Å². The zero-order valence-corrected chi connectivity index (χ0v) is 25.5. The van der Waals surface area contributed by atoms with Crippen LogP contribution in [0.2, 0.25) is 10.0 Å². The number of benzene rings is 3. The van der Waals surface area contributed by atoms with Crippen molar-refractivity contribution in [2.45, 2.75) is 30.3 Å². The van der Waals surface area contributed by atoms with Gasteiger partial charge in [0.05, 0.1) is 26.8 Å². The molecule has 1 aliphatic heterocycles. The topological polar surface area (TPSA) is 137 Å². The van der Waals surface area contributed by atoms with Crippen molar-refractivity contribution < 1.29 is 32.3 Å². The summed E-state index contributed by atoms with van der Waals surface area (Å²) in [7, 11) is -0.950. The average Bonchev–Trinajstić information content (AvgIpc) is 3.44. The molecule has 1 aliphatic rings. The van der Waals surface area contributed by atoms with E-state index in [1.165, 1.54) is 32.3 Å². The minimum absolute atomic E-state index is 0.000262. The number of carboxylic acids is 1. The number of fused-ring (bicyclic) bond motifs is 2. The molecular formula is C30H27Cl2N3O7S. The molecule has 10 nitrogen and oxygen atoms in total. The van der Waals surface area contributed by atoms with E-state index in [0.29, 0.717) is 40.8 Å². The highest BCUT2D eigenvalue weighted by molar-refractivity contribution is 7.89. The molecule has 13 heteroatoms. The van der Waals surface area contributed by atoms with Crippen LogP contribution in [0.3, 0.4) is 0 Å². The molecule has 5 rings (SSSR count). The van der Waals surface area contributed by atoms with Crippen LogP contribution in [0, 0.1) is 0 Å². The number of carbonyl (C=O) groups excluding carboxylic acids is 2. The number of nitrogens with one attached hydrogen (secondary N) is 1. The molecule has 4 aromatic rings. The fraction of sp³-hybridized carbons (Fsp3) is 0.233. The van der Waals surface area contributed by atoms with Crippen molar-refractivity contribution >= 4 is 62.0 Å². The summed E-state index contributed by atoms with van der Waals surface area (Å²) in [5, 5.41) is 13.3. The van der Waals surface area contributed by atoms with Gasteiger partial charge in [-0.25, -0.2) is 17.5 Å². The third-order valence-corrected chi connectivity index (χ3v) is 9.87. The van der Waals surface area contributed by atoms with Gasteiger partial charge < -0.3 is 19.7 Å². The second-order valence-corrected chi connectivity index (χ2v) is 13.3. The number of nitrogens with zero attached hydrogens (tertiary/aromatic N) is 2.